The molecule has 8 amide bonds. The van der Waals surface area contributed by atoms with Crippen LogP contribution in [0, 0.1) is 0 Å². The fraction of sp³-hybridized carbons (Fsp3) is 0.453. The van der Waals surface area contributed by atoms with Crippen LogP contribution in [-0.2, 0) is 72.8 Å². The zero-order valence-corrected chi connectivity index (χ0v) is 45.3. The molecule has 0 bridgehead atoms. The number of carbonyl (C=O) groups is 9. The summed E-state index contributed by atoms with van der Waals surface area (Å²) in [7, 11) is -3.50. The van der Waals surface area contributed by atoms with Crippen LogP contribution in [0.2, 0.25) is 0 Å². The maximum absolute atomic E-state index is 14.7. The zero-order valence-electron chi connectivity index (χ0n) is 44.5. The van der Waals surface area contributed by atoms with Gasteiger partial charge in [0.15, 0.2) is 0 Å². The van der Waals surface area contributed by atoms with E-state index in [1.54, 1.807) is 81.6 Å². The number of nitrogens with two attached hydrogens (primary N) is 1. The van der Waals surface area contributed by atoms with Crippen molar-refractivity contribution >= 4 is 74.7 Å². The van der Waals surface area contributed by atoms with E-state index >= 15 is 0 Å². The van der Waals surface area contributed by atoms with Crippen molar-refractivity contribution in [1.82, 2.24) is 41.8 Å². The quantitative estimate of drug-likeness (QED) is 0.0204. The molecule has 424 valence electrons. The van der Waals surface area contributed by atoms with E-state index in [0.29, 0.717) is 47.8 Å². The van der Waals surface area contributed by atoms with Crippen molar-refractivity contribution in [3.8, 4) is 5.75 Å². The Kier molecular flexibility index (Phi) is 23.6. The molecular formula is C53H71N9O15S. The lowest BCUT2D eigenvalue weighted by atomic mass is 10.0. The van der Waals surface area contributed by atoms with Crippen LogP contribution < -0.4 is 41.8 Å². The van der Waals surface area contributed by atoms with Gasteiger partial charge in [-0.1, -0.05) is 93.8 Å². The number of unbranched alkanes of at least 4 members (excludes halogenated alkanes) is 2. The van der Waals surface area contributed by atoms with Crippen LogP contribution in [0.4, 0.5) is 4.79 Å². The number of ether oxygens (including phenoxy) is 1. The molecule has 0 aliphatic rings. The molecule has 0 aliphatic heterocycles. The van der Waals surface area contributed by atoms with Crippen molar-refractivity contribution in [2.75, 3.05) is 7.05 Å². The predicted octanol–water partition coefficient (Wildman–Crippen LogP) is 2.84. The number of hydrogen-bond donors (Lipinski definition) is 10. The third kappa shape index (κ3) is 21.2. The normalized spacial score (nSPS) is 13.7. The lowest BCUT2D eigenvalue weighted by Crippen LogP contribution is -2.59. The van der Waals surface area contributed by atoms with Gasteiger partial charge in [-0.25, -0.2) is 4.79 Å². The number of alkyl carbamates (subject to hydrolysis) is 1. The number of rotatable bonds is 30. The largest absolute Gasteiger partial charge is 0.481 e. The predicted molar refractivity (Wildman–Crippen MR) is 285 cm³/mol. The molecule has 0 unspecified atom stereocenters. The van der Waals surface area contributed by atoms with Gasteiger partial charge in [-0.15, -0.1) is 0 Å². The van der Waals surface area contributed by atoms with Gasteiger partial charge in [-0.05, 0) is 74.9 Å². The highest BCUT2D eigenvalue weighted by Gasteiger charge is 2.36. The molecule has 6 atom stereocenters. The lowest BCUT2D eigenvalue weighted by Gasteiger charge is -2.32. The summed E-state index contributed by atoms with van der Waals surface area (Å²) < 4.78 is 41.3. The number of aliphatic carboxylic acids is 1. The van der Waals surface area contributed by atoms with Crippen molar-refractivity contribution in [2.45, 2.75) is 147 Å². The number of aromatic amines is 1. The van der Waals surface area contributed by atoms with Crippen molar-refractivity contribution in [3.63, 3.8) is 0 Å². The first-order chi connectivity index (χ1) is 36.7. The van der Waals surface area contributed by atoms with E-state index in [2.05, 4.69) is 41.1 Å². The fourth-order valence-corrected chi connectivity index (χ4v) is 8.56. The summed E-state index contributed by atoms with van der Waals surface area (Å²) in [5, 5.41) is 25.9. The highest BCUT2D eigenvalue weighted by atomic mass is 32.3. The molecule has 4 rings (SSSR count). The summed E-state index contributed by atoms with van der Waals surface area (Å²) in [6.07, 6.45) is -0.174. The number of benzene rings is 3. The molecule has 0 fully saturated rings. The molecule has 1 heterocycles. The van der Waals surface area contributed by atoms with Crippen molar-refractivity contribution in [3.05, 3.63) is 102 Å². The minimum absolute atomic E-state index is 0.0235. The first-order valence-corrected chi connectivity index (χ1v) is 26.7. The van der Waals surface area contributed by atoms with E-state index in [4.69, 9.17) is 15.0 Å². The number of nitrogens with one attached hydrogen (secondary N) is 7. The summed E-state index contributed by atoms with van der Waals surface area (Å²) >= 11 is 0. The summed E-state index contributed by atoms with van der Waals surface area (Å²) in [5.74, 6) is -7.83. The minimum atomic E-state index is -4.82. The molecule has 0 spiro atoms. The van der Waals surface area contributed by atoms with E-state index < -0.39 is 119 Å². The Bertz CT molecular complexity index is 2840. The Balaban J connectivity index is 1.56. The van der Waals surface area contributed by atoms with Gasteiger partial charge in [0.1, 0.15) is 54.1 Å². The molecule has 0 aliphatic carbocycles. The number of nitrogens with zero attached hydrogens (tertiary/aromatic N) is 1. The van der Waals surface area contributed by atoms with Gasteiger partial charge in [-0.3, -0.25) is 42.9 Å². The van der Waals surface area contributed by atoms with E-state index in [1.165, 1.54) is 31.3 Å². The van der Waals surface area contributed by atoms with Gasteiger partial charge in [0.25, 0.3) is 0 Å². The molecule has 25 heteroatoms. The number of carbonyl (C=O) groups excluding carboxylic acids is 8. The molecule has 4 aromatic rings. The van der Waals surface area contributed by atoms with Gasteiger partial charge in [-0.2, -0.15) is 8.42 Å². The summed E-state index contributed by atoms with van der Waals surface area (Å²) in [4.78, 5) is 126. The molecule has 78 heavy (non-hydrogen) atoms. The Morgan fingerprint density at radius 3 is 1.87 bits per heavy atom. The van der Waals surface area contributed by atoms with Gasteiger partial charge in [0.2, 0.25) is 41.4 Å². The maximum Gasteiger partial charge on any atom is 0.446 e. The maximum atomic E-state index is 14.7. The van der Waals surface area contributed by atoms with E-state index in [0.717, 1.165) is 10.4 Å². The summed E-state index contributed by atoms with van der Waals surface area (Å²) in [6.45, 7) is 8.57. The fourth-order valence-electron chi connectivity index (χ4n) is 8.21. The van der Waals surface area contributed by atoms with Crippen LogP contribution in [-0.4, -0.2) is 130 Å². The number of hydrogen-bond acceptors (Lipinski definition) is 13. The Labute approximate surface area is 452 Å². The topological polar surface area (TPSA) is 364 Å². The number of H-pyrrole nitrogens is 1. The average Bonchev–Trinajstić information content (AvgIpc) is 3.78. The average molecular weight is 1110 g/mol. The second-order valence-electron chi connectivity index (χ2n) is 19.6. The molecular weight excluding hydrogens is 1030 g/mol. The van der Waals surface area contributed by atoms with Crippen molar-refractivity contribution in [2.24, 2.45) is 5.73 Å². The number of fused-ring (bicyclic) bond motifs is 1. The van der Waals surface area contributed by atoms with E-state index in [1.807, 2.05) is 13.8 Å². The van der Waals surface area contributed by atoms with Gasteiger partial charge in [0, 0.05) is 43.4 Å². The van der Waals surface area contributed by atoms with E-state index in [-0.39, 0.29) is 37.9 Å². The second-order valence-corrected chi connectivity index (χ2v) is 20.6. The van der Waals surface area contributed by atoms with Gasteiger partial charge in [0.05, 0.1) is 6.42 Å². The van der Waals surface area contributed by atoms with E-state index in [9.17, 15) is 56.7 Å². The Hall–Kier alpha value is -8.06. The number of para-hydroxylation sites is 1. The SMILES string of the molecule is CCCC[C@@H](NC(=O)CC(=O)N[C@@H](Cc1c[nH]c2ccccc12)C(=O)N(C)[C@@H](CCCC)C(=O)N[C@@H](CC(=O)O)C(=O)N[C@@H](Cc1ccccc1)C(N)=O)NC(=O)[C@H](Cc1ccc(OS(=O)(=O)O)cc1)NC(=O)OC(C)(C)C. The second kappa shape index (κ2) is 29.5. The smallest absolute Gasteiger partial charge is 0.446 e. The molecule has 24 nitrogen and oxygen atoms in total. The third-order valence-corrected chi connectivity index (χ3v) is 12.4. The minimum Gasteiger partial charge on any atom is -0.481 e. The van der Waals surface area contributed by atoms with Crippen molar-refractivity contribution < 1.29 is 70.1 Å². The summed E-state index contributed by atoms with van der Waals surface area (Å²) in [5.41, 5.74) is 7.02. The first-order valence-electron chi connectivity index (χ1n) is 25.4. The first kappa shape index (κ1) is 62.5. The number of amides is 8. The summed E-state index contributed by atoms with van der Waals surface area (Å²) in [6, 6.07) is 14.0. The molecule has 0 radical (unpaired) electrons. The van der Waals surface area contributed by atoms with Crippen LogP contribution in [0.5, 0.6) is 5.75 Å². The van der Waals surface area contributed by atoms with Crippen LogP contribution in [0.3, 0.4) is 0 Å². The highest BCUT2D eigenvalue weighted by molar-refractivity contribution is 7.81. The van der Waals surface area contributed by atoms with Crippen LogP contribution in [0.1, 0.15) is 103 Å². The molecule has 1 aromatic heterocycles. The number of carboxylic acid groups (broad SMARTS) is 1. The molecule has 0 saturated carbocycles. The molecule has 3 aromatic carbocycles. The van der Waals surface area contributed by atoms with Gasteiger partial charge >= 0.3 is 22.5 Å². The van der Waals surface area contributed by atoms with Crippen LogP contribution in [0.15, 0.2) is 85.1 Å². The number of aromatic nitrogens is 1. The standard InChI is InChI=1S/C53H71N9O15S/c1-7-9-20-42(50(70)58-40(29-46(65)66)48(68)57-38(47(54)67)26-32-16-12-11-13-17-32)62(6)51(71)41(28-34-31-55-37-19-15-14-18-36(34)37)56-44(63)30-45(64)60-43(21-10-8-2)61-49(69)39(59-52(72)76-53(3,4)5)27-33-22-24-35(25-23-33)77-78(73,74)75/h11-19,22-25,31,38-43,55H,7-10,20-21,26-30H2,1-6H3,(H2,54,67)(H,56,63)(H,57,68)(H,58,70)(H,59,72)(H,60,64)(H,61,69)(H,65,66)(H,73,74,75)/t38-,39-,40-,41-,42-,43-/m0/s1. The van der Waals surface area contributed by atoms with Crippen LogP contribution >= 0.6 is 0 Å². The molecule has 0 saturated heterocycles. The van der Waals surface area contributed by atoms with Crippen molar-refractivity contribution in [1.29, 1.82) is 0 Å². The Morgan fingerprint density at radius 2 is 1.26 bits per heavy atom. The highest BCUT2D eigenvalue weighted by Crippen LogP contribution is 2.22. The number of primary amides is 1. The number of likely N-dealkylation sites (N-methyl/N-ethyl adjacent to an activating group) is 1. The number of carboxylic acids is 1. The monoisotopic (exact) mass is 1110 g/mol. The third-order valence-electron chi connectivity index (χ3n) is 12.0. The lowest BCUT2D eigenvalue weighted by molar-refractivity contribution is -0.144. The molecule has 11 N–H and O–H groups in total. The Morgan fingerprint density at radius 1 is 0.679 bits per heavy atom. The van der Waals surface area contributed by atoms with Gasteiger partial charge < -0.3 is 61.5 Å². The van der Waals surface area contributed by atoms with Crippen LogP contribution in [0.25, 0.3) is 10.9 Å². The zero-order chi connectivity index (χ0) is 57.7.